The third kappa shape index (κ3) is 2.22. The van der Waals surface area contributed by atoms with Crippen LogP contribution in [0.3, 0.4) is 0 Å². The van der Waals surface area contributed by atoms with Crippen molar-refractivity contribution in [2.75, 3.05) is 6.61 Å². The van der Waals surface area contributed by atoms with E-state index in [4.69, 9.17) is 4.74 Å². The van der Waals surface area contributed by atoms with Crippen molar-refractivity contribution in [3.05, 3.63) is 23.9 Å². The van der Waals surface area contributed by atoms with E-state index in [0.29, 0.717) is 18.4 Å². The van der Waals surface area contributed by atoms with Gasteiger partial charge in [-0.3, -0.25) is 0 Å². The minimum atomic E-state index is 0.535. The summed E-state index contributed by atoms with van der Waals surface area (Å²) < 4.78 is 5.23. The molecule has 1 aromatic rings. The van der Waals surface area contributed by atoms with Gasteiger partial charge in [0.2, 0.25) is 5.88 Å². The number of hydrogen-bond donors (Lipinski definition) is 0. The molecule has 0 N–H and O–H groups in total. The first-order valence-electron chi connectivity index (χ1n) is 4.32. The highest BCUT2D eigenvalue weighted by atomic mass is 16.5. The van der Waals surface area contributed by atoms with Crippen LogP contribution in [0.2, 0.25) is 0 Å². The lowest BCUT2D eigenvalue weighted by atomic mass is 10.1. The number of ether oxygens (including phenoxy) is 1. The van der Waals surface area contributed by atoms with Crippen LogP contribution in [0.15, 0.2) is 18.3 Å². The van der Waals surface area contributed by atoms with Gasteiger partial charge in [0.1, 0.15) is 0 Å². The van der Waals surface area contributed by atoms with E-state index in [9.17, 15) is 0 Å². The number of hydrogen-bond acceptors (Lipinski definition) is 2. The van der Waals surface area contributed by atoms with E-state index < -0.39 is 0 Å². The van der Waals surface area contributed by atoms with E-state index in [0.717, 1.165) is 0 Å². The van der Waals surface area contributed by atoms with Crippen LogP contribution in [0.4, 0.5) is 0 Å². The summed E-state index contributed by atoms with van der Waals surface area (Å²) in [5, 5.41) is 0. The maximum absolute atomic E-state index is 5.23. The minimum absolute atomic E-state index is 0.535. The van der Waals surface area contributed by atoms with Gasteiger partial charge in [0.25, 0.3) is 0 Å². The average molecular weight is 165 g/mol. The minimum Gasteiger partial charge on any atom is -0.478 e. The molecule has 0 aliphatic carbocycles. The predicted octanol–water partition coefficient (Wildman–Crippen LogP) is 2.60. The van der Waals surface area contributed by atoms with Gasteiger partial charge in [-0.1, -0.05) is 19.9 Å². The summed E-state index contributed by atoms with van der Waals surface area (Å²) in [7, 11) is 0. The van der Waals surface area contributed by atoms with E-state index in [1.807, 2.05) is 19.2 Å². The fourth-order valence-corrected chi connectivity index (χ4v) is 0.967. The Balaban J connectivity index is 2.71. The molecule has 12 heavy (non-hydrogen) atoms. The fraction of sp³-hybridized carbons (Fsp3) is 0.500. The molecule has 0 saturated heterocycles. The van der Waals surface area contributed by atoms with Gasteiger partial charge in [0.05, 0.1) is 6.61 Å². The zero-order chi connectivity index (χ0) is 8.97. The third-order valence-electron chi connectivity index (χ3n) is 1.72. The molecule has 0 saturated carbocycles. The Morgan fingerprint density at radius 1 is 1.42 bits per heavy atom. The second kappa shape index (κ2) is 4.10. The van der Waals surface area contributed by atoms with Crippen LogP contribution < -0.4 is 4.74 Å². The van der Waals surface area contributed by atoms with Crippen molar-refractivity contribution in [2.45, 2.75) is 26.7 Å². The van der Waals surface area contributed by atoms with Crippen molar-refractivity contribution in [3.8, 4) is 5.88 Å². The Kier molecular flexibility index (Phi) is 3.09. The number of nitrogens with zero attached hydrogens (tertiary/aromatic N) is 1. The Bertz CT molecular complexity index is 228. The molecule has 1 aromatic heterocycles. The summed E-state index contributed by atoms with van der Waals surface area (Å²) in [5.41, 5.74) is 1.25. The molecule has 1 heterocycles. The molecule has 0 atom stereocenters. The number of pyridine rings is 1. The first-order valence-corrected chi connectivity index (χ1v) is 4.32. The molecule has 2 heteroatoms. The van der Waals surface area contributed by atoms with Gasteiger partial charge in [-0.15, -0.1) is 0 Å². The fourth-order valence-electron chi connectivity index (χ4n) is 0.967. The van der Waals surface area contributed by atoms with Gasteiger partial charge < -0.3 is 4.74 Å². The summed E-state index contributed by atoms with van der Waals surface area (Å²) in [6.07, 6.45) is 1.87. The second-order valence-corrected chi connectivity index (χ2v) is 3.02. The van der Waals surface area contributed by atoms with Crippen molar-refractivity contribution < 1.29 is 4.74 Å². The summed E-state index contributed by atoms with van der Waals surface area (Å²) >= 11 is 0. The molecular weight excluding hydrogens is 150 g/mol. The normalized spacial score (nSPS) is 10.3. The zero-order valence-electron chi connectivity index (χ0n) is 7.87. The van der Waals surface area contributed by atoms with Gasteiger partial charge >= 0.3 is 0 Å². The molecule has 0 aromatic carbocycles. The van der Waals surface area contributed by atoms with Crippen LogP contribution in [-0.4, -0.2) is 11.6 Å². The zero-order valence-corrected chi connectivity index (χ0v) is 7.87. The van der Waals surface area contributed by atoms with E-state index in [-0.39, 0.29) is 0 Å². The van der Waals surface area contributed by atoms with E-state index in [1.165, 1.54) is 5.56 Å². The lowest BCUT2D eigenvalue weighted by molar-refractivity contribution is 0.326. The lowest BCUT2D eigenvalue weighted by Crippen LogP contribution is -1.95. The highest BCUT2D eigenvalue weighted by Crippen LogP contribution is 2.15. The molecule has 0 amide bonds. The van der Waals surface area contributed by atoms with Crippen molar-refractivity contribution >= 4 is 0 Å². The predicted molar refractivity (Wildman–Crippen MR) is 49.5 cm³/mol. The number of rotatable bonds is 3. The second-order valence-electron chi connectivity index (χ2n) is 3.02. The van der Waals surface area contributed by atoms with Gasteiger partial charge in [0.15, 0.2) is 0 Å². The van der Waals surface area contributed by atoms with Gasteiger partial charge in [-0.05, 0) is 18.4 Å². The molecule has 66 valence electrons. The quantitative estimate of drug-likeness (QED) is 0.686. The Morgan fingerprint density at radius 2 is 2.17 bits per heavy atom. The molecule has 0 radical (unpaired) electrons. The Morgan fingerprint density at radius 3 is 2.58 bits per heavy atom. The summed E-state index contributed by atoms with van der Waals surface area (Å²) in [6, 6.07) is 3.97. The molecule has 0 spiro atoms. The largest absolute Gasteiger partial charge is 0.478 e. The Labute approximate surface area is 73.6 Å². The van der Waals surface area contributed by atoms with Crippen LogP contribution in [0, 0.1) is 0 Å². The Hall–Kier alpha value is -1.05. The number of aromatic nitrogens is 1. The van der Waals surface area contributed by atoms with Crippen molar-refractivity contribution in [1.82, 2.24) is 4.98 Å². The molecule has 0 aliphatic rings. The van der Waals surface area contributed by atoms with Gasteiger partial charge in [-0.2, -0.15) is 0 Å². The first-order chi connectivity index (χ1) is 5.74. The summed E-state index contributed by atoms with van der Waals surface area (Å²) in [6.45, 7) is 6.93. The van der Waals surface area contributed by atoms with Crippen molar-refractivity contribution in [3.63, 3.8) is 0 Å². The summed E-state index contributed by atoms with van der Waals surface area (Å²) in [5.74, 6) is 1.25. The molecular formula is C10H15NO. The van der Waals surface area contributed by atoms with Crippen LogP contribution in [0.1, 0.15) is 32.3 Å². The van der Waals surface area contributed by atoms with Crippen LogP contribution in [-0.2, 0) is 0 Å². The third-order valence-corrected chi connectivity index (χ3v) is 1.72. The average Bonchev–Trinajstić information content (AvgIpc) is 2.06. The molecule has 0 unspecified atom stereocenters. The SMILES string of the molecule is CCOc1ccc(C(C)C)cn1. The van der Waals surface area contributed by atoms with E-state index in [2.05, 4.69) is 24.9 Å². The lowest BCUT2D eigenvalue weighted by Gasteiger charge is -2.05. The van der Waals surface area contributed by atoms with Gasteiger partial charge in [0, 0.05) is 12.3 Å². The molecule has 0 aliphatic heterocycles. The maximum Gasteiger partial charge on any atom is 0.213 e. The molecule has 0 bridgehead atoms. The van der Waals surface area contributed by atoms with Gasteiger partial charge in [-0.25, -0.2) is 4.98 Å². The molecule has 0 fully saturated rings. The highest BCUT2D eigenvalue weighted by Gasteiger charge is 1.99. The first kappa shape index (κ1) is 9.04. The van der Waals surface area contributed by atoms with E-state index >= 15 is 0 Å². The highest BCUT2D eigenvalue weighted by molar-refractivity contribution is 5.20. The van der Waals surface area contributed by atoms with E-state index in [1.54, 1.807) is 0 Å². The maximum atomic E-state index is 5.23. The van der Waals surface area contributed by atoms with Crippen molar-refractivity contribution in [2.24, 2.45) is 0 Å². The van der Waals surface area contributed by atoms with Crippen LogP contribution in [0.25, 0.3) is 0 Å². The topological polar surface area (TPSA) is 22.1 Å². The standard InChI is InChI=1S/C10H15NO/c1-4-12-10-6-5-9(7-11-10)8(2)3/h5-8H,4H2,1-3H3. The van der Waals surface area contributed by atoms with Crippen LogP contribution in [0.5, 0.6) is 5.88 Å². The van der Waals surface area contributed by atoms with Crippen LogP contribution >= 0.6 is 0 Å². The monoisotopic (exact) mass is 165 g/mol. The van der Waals surface area contributed by atoms with Crippen molar-refractivity contribution in [1.29, 1.82) is 0 Å². The molecule has 1 rings (SSSR count). The molecule has 2 nitrogen and oxygen atoms in total. The smallest absolute Gasteiger partial charge is 0.213 e. The summed E-state index contributed by atoms with van der Waals surface area (Å²) in [4.78, 5) is 4.17.